The van der Waals surface area contributed by atoms with Crippen molar-refractivity contribution >= 4 is 5.97 Å². The minimum Gasteiger partial charge on any atom is -0.469 e. The average molecular weight is 287 g/mol. The molecule has 1 heterocycles. The predicted molar refractivity (Wildman–Crippen MR) is 67.2 cm³/mol. The number of esters is 1. The molecular weight excluding hydrogens is 271 g/mol. The summed E-state index contributed by atoms with van der Waals surface area (Å²) < 4.78 is 44.0. The van der Waals surface area contributed by atoms with Crippen molar-refractivity contribution in [1.82, 2.24) is 5.32 Å². The molecule has 6 heteroatoms. The maximum atomic E-state index is 13.1. The Morgan fingerprint density at radius 3 is 2.70 bits per heavy atom. The fourth-order valence-electron chi connectivity index (χ4n) is 2.71. The molecule has 0 bridgehead atoms. The lowest BCUT2D eigenvalue weighted by Gasteiger charge is -2.32. The Morgan fingerprint density at radius 1 is 1.35 bits per heavy atom. The van der Waals surface area contributed by atoms with Gasteiger partial charge in [-0.05, 0) is 24.6 Å². The van der Waals surface area contributed by atoms with E-state index in [-0.39, 0.29) is 5.56 Å². The summed E-state index contributed by atoms with van der Waals surface area (Å²) in [4.78, 5) is 11.8. The first kappa shape index (κ1) is 14.8. The van der Waals surface area contributed by atoms with Crippen LogP contribution in [0.2, 0.25) is 0 Å². The molecule has 1 aliphatic heterocycles. The normalized spacial score (nSPS) is 23.4. The monoisotopic (exact) mass is 287 g/mol. The Hall–Kier alpha value is -1.56. The molecule has 1 aliphatic rings. The van der Waals surface area contributed by atoms with E-state index in [2.05, 4.69) is 5.32 Å². The molecule has 1 aromatic rings. The first-order valence-electron chi connectivity index (χ1n) is 6.40. The third-order valence-corrected chi connectivity index (χ3v) is 3.65. The van der Waals surface area contributed by atoms with Gasteiger partial charge in [0.25, 0.3) is 0 Å². The molecule has 0 unspecified atom stereocenters. The Labute approximate surface area is 115 Å². The third-order valence-electron chi connectivity index (χ3n) is 3.65. The lowest BCUT2D eigenvalue weighted by atomic mass is 9.79. The molecule has 2 atom stereocenters. The third kappa shape index (κ3) is 2.95. The van der Waals surface area contributed by atoms with Gasteiger partial charge < -0.3 is 10.1 Å². The molecule has 1 aromatic carbocycles. The molecular formula is C14H16F3NO2. The smallest absolute Gasteiger partial charge is 0.416 e. The van der Waals surface area contributed by atoms with Gasteiger partial charge in [-0.15, -0.1) is 0 Å². The van der Waals surface area contributed by atoms with Crippen molar-refractivity contribution in [3.63, 3.8) is 0 Å². The highest BCUT2D eigenvalue weighted by atomic mass is 19.4. The lowest BCUT2D eigenvalue weighted by Crippen LogP contribution is -2.40. The molecule has 0 saturated carbocycles. The van der Waals surface area contributed by atoms with Crippen LogP contribution in [0.4, 0.5) is 13.2 Å². The number of piperidine rings is 1. The van der Waals surface area contributed by atoms with Gasteiger partial charge in [0.1, 0.15) is 0 Å². The molecule has 1 saturated heterocycles. The summed E-state index contributed by atoms with van der Waals surface area (Å²) in [6.45, 7) is 0.924. The number of hydrogen-bond acceptors (Lipinski definition) is 3. The van der Waals surface area contributed by atoms with E-state index in [4.69, 9.17) is 4.74 Å². The maximum Gasteiger partial charge on any atom is 0.416 e. The van der Waals surface area contributed by atoms with Crippen LogP contribution >= 0.6 is 0 Å². The number of nitrogens with one attached hydrogen (secondary N) is 1. The highest BCUT2D eigenvalue weighted by molar-refractivity contribution is 5.74. The van der Waals surface area contributed by atoms with E-state index < -0.39 is 29.5 Å². The zero-order chi connectivity index (χ0) is 14.8. The van der Waals surface area contributed by atoms with Gasteiger partial charge in [-0.25, -0.2) is 0 Å². The predicted octanol–water partition coefficient (Wildman–Crippen LogP) is 2.57. The number of hydrogen-bond donors (Lipinski definition) is 1. The Morgan fingerprint density at radius 2 is 2.05 bits per heavy atom. The van der Waals surface area contributed by atoms with Crippen LogP contribution in [0.25, 0.3) is 0 Å². The number of rotatable bonds is 2. The summed E-state index contributed by atoms with van der Waals surface area (Å²) in [5.74, 6) is -1.53. The van der Waals surface area contributed by atoms with Gasteiger partial charge in [-0.2, -0.15) is 13.2 Å². The fourth-order valence-corrected chi connectivity index (χ4v) is 2.71. The SMILES string of the molecule is COC(=O)[C@@H]1CNCC[C@H]1c1ccccc1C(F)(F)F. The van der Waals surface area contributed by atoms with E-state index >= 15 is 0 Å². The molecule has 0 radical (unpaired) electrons. The highest BCUT2D eigenvalue weighted by Gasteiger charge is 2.39. The molecule has 0 aliphatic carbocycles. The summed E-state index contributed by atoms with van der Waals surface area (Å²) in [7, 11) is 1.25. The van der Waals surface area contributed by atoms with Crippen molar-refractivity contribution in [1.29, 1.82) is 0 Å². The lowest BCUT2D eigenvalue weighted by molar-refractivity contribution is -0.148. The van der Waals surface area contributed by atoms with Gasteiger partial charge >= 0.3 is 12.1 Å². The Balaban J connectivity index is 2.40. The molecule has 2 rings (SSSR count). The van der Waals surface area contributed by atoms with E-state index in [1.165, 1.54) is 19.2 Å². The summed E-state index contributed by atoms with van der Waals surface area (Å²) in [5.41, 5.74) is -0.488. The molecule has 0 aromatic heterocycles. The fraction of sp³-hybridized carbons (Fsp3) is 0.500. The van der Waals surface area contributed by atoms with Gasteiger partial charge in [0, 0.05) is 12.5 Å². The van der Waals surface area contributed by atoms with Crippen LogP contribution in [-0.4, -0.2) is 26.2 Å². The topological polar surface area (TPSA) is 38.3 Å². The largest absolute Gasteiger partial charge is 0.469 e. The number of benzene rings is 1. The average Bonchev–Trinajstić information content (AvgIpc) is 2.45. The summed E-state index contributed by atoms with van der Waals surface area (Å²) in [6, 6.07) is 5.45. The molecule has 110 valence electrons. The van der Waals surface area contributed by atoms with Gasteiger partial charge in [0.2, 0.25) is 0 Å². The number of ether oxygens (including phenoxy) is 1. The zero-order valence-electron chi connectivity index (χ0n) is 11.0. The van der Waals surface area contributed by atoms with Crippen LogP contribution in [0.15, 0.2) is 24.3 Å². The molecule has 3 nitrogen and oxygen atoms in total. The summed E-state index contributed by atoms with van der Waals surface area (Å²) in [5, 5.41) is 3.03. The van der Waals surface area contributed by atoms with Crippen LogP contribution in [0.3, 0.4) is 0 Å². The minimum atomic E-state index is -4.41. The van der Waals surface area contributed by atoms with Crippen molar-refractivity contribution in [2.24, 2.45) is 5.92 Å². The molecule has 1 fully saturated rings. The van der Waals surface area contributed by atoms with Crippen LogP contribution < -0.4 is 5.32 Å². The van der Waals surface area contributed by atoms with Crippen molar-refractivity contribution in [2.45, 2.75) is 18.5 Å². The van der Waals surface area contributed by atoms with Crippen LogP contribution in [0.1, 0.15) is 23.5 Å². The van der Waals surface area contributed by atoms with E-state index in [1.807, 2.05) is 0 Å². The summed E-state index contributed by atoms with van der Waals surface area (Å²) >= 11 is 0. The summed E-state index contributed by atoms with van der Waals surface area (Å²) in [6.07, 6.45) is -3.94. The molecule has 1 N–H and O–H groups in total. The first-order valence-corrected chi connectivity index (χ1v) is 6.40. The van der Waals surface area contributed by atoms with Crippen LogP contribution in [-0.2, 0) is 15.7 Å². The van der Waals surface area contributed by atoms with E-state index in [0.29, 0.717) is 19.5 Å². The van der Waals surface area contributed by atoms with Gasteiger partial charge in [-0.3, -0.25) is 4.79 Å². The van der Waals surface area contributed by atoms with E-state index in [9.17, 15) is 18.0 Å². The second kappa shape index (κ2) is 5.83. The van der Waals surface area contributed by atoms with Crippen molar-refractivity contribution in [3.05, 3.63) is 35.4 Å². The number of halogens is 3. The van der Waals surface area contributed by atoms with Crippen molar-refractivity contribution in [3.8, 4) is 0 Å². The number of carbonyl (C=O) groups is 1. The molecule has 0 amide bonds. The van der Waals surface area contributed by atoms with E-state index in [1.54, 1.807) is 6.07 Å². The number of methoxy groups -OCH3 is 1. The first-order chi connectivity index (χ1) is 9.45. The van der Waals surface area contributed by atoms with Gasteiger partial charge in [0.05, 0.1) is 18.6 Å². The minimum absolute atomic E-state index is 0.178. The van der Waals surface area contributed by atoms with Crippen LogP contribution in [0.5, 0.6) is 0 Å². The van der Waals surface area contributed by atoms with Gasteiger partial charge in [0.15, 0.2) is 0 Å². The quantitative estimate of drug-likeness (QED) is 0.850. The van der Waals surface area contributed by atoms with Crippen molar-refractivity contribution < 1.29 is 22.7 Å². The standard InChI is InChI=1S/C14H16F3NO2/c1-20-13(19)11-8-18-7-6-9(11)10-4-2-3-5-12(10)14(15,16)17/h2-5,9,11,18H,6-8H2,1H3/t9-,11+/m0/s1. The van der Waals surface area contributed by atoms with Crippen LogP contribution in [0, 0.1) is 5.92 Å². The zero-order valence-corrected chi connectivity index (χ0v) is 11.0. The van der Waals surface area contributed by atoms with Gasteiger partial charge in [-0.1, -0.05) is 18.2 Å². The van der Waals surface area contributed by atoms with Crippen molar-refractivity contribution in [2.75, 3.05) is 20.2 Å². The Kier molecular flexibility index (Phi) is 4.32. The second-order valence-corrected chi connectivity index (χ2v) is 4.81. The second-order valence-electron chi connectivity index (χ2n) is 4.81. The Bertz CT molecular complexity index is 488. The molecule has 20 heavy (non-hydrogen) atoms. The number of alkyl halides is 3. The maximum absolute atomic E-state index is 13.1. The number of carbonyl (C=O) groups excluding carboxylic acids is 1. The molecule has 0 spiro atoms. The highest BCUT2D eigenvalue weighted by Crippen LogP contribution is 2.39. The van der Waals surface area contributed by atoms with E-state index in [0.717, 1.165) is 6.07 Å².